The maximum absolute atomic E-state index is 13.9. The predicted octanol–water partition coefficient (Wildman–Crippen LogP) is 3.91. The lowest BCUT2D eigenvalue weighted by atomic mass is 9.68. The number of aromatic nitrogens is 2. The molecule has 1 aromatic carbocycles. The van der Waals surface area contributed by atoms with Gasteiger partial charge in [0.25, 0.3) is 11.8 Å². The molecule has 0 spiro atoms. The number of carbonyl (C=O) groups is 4. The Balaban J connectivity index is 1.46. The molecular formula is C32H40N6O5S2. The molecular weight excluding hydrogens is 613 g/mol. The minimum atomic E-state index is -0.640. The molecule has 1 saturated carbocycles. The lowest BCUT2D eigenvalue weighted by Crippen LogP contribution is -2.53. The number of ether oxygens (including phenoxy) is 1. The SMILES string of the molecule is COCC1(C(=O)N2CCCNC(=O)c3csc(n3)[C@H](C(C)C)NC(=O)c3csc(n3)[C@H](Cc3ccccc3)NC(=O)C2)CCC1. The minimum absolute atomic E-state index is 0.00827. The molecule has 1 fully saturated rings. The van der Waals surface area contributed by atoms with Gasteiger partial charge < -0.3 is 25.6 Å². The first-order valence-electron chi connectivity index (χ1n) is 15.3. The number of nitrogens with one attached hydrogen (secondary N) is 3. The Bertz CT molecular complexity index is 1500. The second kappa shape index (κ2) is 14.6. The Labute approximate surface area is 271 Å². The zero-order chi connectivity index (χ0) is 32.0. The summed E-state index contributed by atoms with van der Waals surface area (Å²) in [6.07, 6.45) is 3.26. The molecule has 3 N–H and O–H groups in total. The second-order valence-electron chi connectivity index (χ2n) is 12.0. The van der Waals surface area contributed by atoms with E-state index in [2.05, 4.69) is 25.9 Å². The van der Waals surface area contributed by atoms with Gasteiger partial charge in [0.05, 0.1) is 30.7 Å². The highest BCUT2D eigenvalue weighted by atomic mass is 32.1. The zero-order valence-electron chi connectivity index (χ0n) is 25.8. The molecule has 13 heteroatoms. The summed E-state index contributed by atoms with van der Waals surface area (Å²) < 4.78 is 5.42. The van der Waals surface area contributed by atoms with E-state index in [1.807, 2.05) is 44.2 Å². The number of carbonyl (C=O) groups excluding carboxylic acids is 4. The van der Waals surface area contributed by atoms with E-state index < -0.39 is 17.5 Å². The molecule has 45 heavy (non-hydrogen) atoms. The number of benzene rings is 1. The van der Waals surface area contributed by atoms with Crippen molar-refractivity contribution in [2.45, 2.75) is 58.0 Å². The van der Waals surface area contributed by atoms with Gasteiger partial charge in [-0.05, 0) is 37.2 Å². The number of hydrogen-bond donors (Lipinski definition) is 3. The summed E-state index contributed by atoms with van der Waals surface area (Å²) in [7, 11) is 1.58. The maximum Gasteiger partial charge on any atom is 0.271 e. The molecule has 4 amide bonds. The third kappa shape index (κ3) is 7.77. The molecule has 0 radical (unpaired) electrons. The van der Waals surface area contributed by atoms with Gasteiger partial charge in [0.15, 0.2) is 0 Å². The molecule has 1 aliphatic carbocycles. The van der Waals surface area contributed by atoms with Crippen LogP contribution in [0.25, 0.3) is 0 Å². The first kappa shape index (κ1) is 32.7. The molecule has 11 nitrogen and oxygen atoms in total. The normalized spacial score (nSPS) is 21.1. The van der Waals surface area contributed by atoms with Crippen molar-refractivity contribution in [3.63, 3.8) is 0 Å². The molecule has 0 saturated heterocycles. The van der Waals surface area contributed by atoms with Gasteiger partial charge in [-0.15, -0.1) is 22.7 Å². The van der Waals surface area contributed by atoms with Crippen LogP contribution in [0.1, 0.15) is 88.2 Å². The van der Waals surface area contributed by atoms with Crippen LogP contribution in [0.3, 0.4) is 0 Å². The highest BCUT2D eigenvalue weighted by Gasteiger charge is 2.46. The number of rotatable bonds is 6. The fourth-order valence-corrected chi connectivity index (χ4v) is 7.60. The van der Waals surface area contributed by atoms with Crippen molar-refractivity contribution in [1.29, 1.82) is 0 Å². The van der Waals surface area contributed by atoms with Crippen LogP contribution in [0.2, 0.25) is 0 Å². The summed E-state index contributed by atoms with van der Waals surface area (Å²) in [5, 5.41) is 13.6. The highest BCUT2D eigenvalue weighted by Crippen LogP contribution is 2.42. The third-order valence-electron chi connectivity index (χ3n) is 8.34. The van der Waals surface area contributed by atoms with E-state index in [0.29, 0.717) is 55.4 Å². The van der Waals surface area contributed by atoms with Crippen LogP contribution in [-0.4, -0.2) is 71.8 Å². The Morgan fingerprint density at radius 1 is 1.00 bits per heavy atom. The number of methoxy groups -OCH3 is 1. The number of amides is 4. The van der Waals surface area contributed by atoms with Crippen LogP contribution in [0.15, 0.2) is 41.1 Å². The molecule has 3 aromatic rings. The molecule has 240 valence electrons. The molecule has 1 aliphatic heterocycles. The molecule has 2 aliphatic rings. The smallest absolute Gasteiger partial charge is 0.271 e. The first-order valence-corrected chi connectivity index (χ1v) is 17.1. The topological polar surface area (TPSA) is 143 Å². The molecule has 4 bridgehead atoms. The van der Waals surface area contributed by atoms with Gasteiger partial charge >= 0.3 is 0 Å². The Kier molecular flexibility index (Phi) is 10.6. The van der Waals surface area contributed by atoms with Gasteiger partial charge in [0.1, 0.15) is 21.4 Å². The molecule has 3 heterocycles. The lowest BCUT2D eigenvalue weighted by molar-refractivity contribution is -0.154. The van der Waals surface area contributed by atoms with Crippen LogP contribution >= 0.6 is 22.7 Å². The quantitative estimate of drug-likeness (QED) is 0.367. The van der Waals surface area contributed by atoms with Crippen LogP contribution in [0, 0.1) is 11.3 Å². The molecule has 0 unspecified atom stereocenters. The maximum atomic E-state index is 13.9. The molecule has 2 aromatic heterocycles. The van der Waals surface area contributed by atoms with E-state index in [1.54, 1.807) is 22.8 Å². The zero-order valence-corrected chi connectivity index (χ0v) is 27.5. The van der Waals surface area contributed by atoms with Crippen LogP contribution in [0.5, 0.6) is 0 Å². The van der Waals surface area contributed by atoms with E-state index in [9.17, 15) is 19.2 Å². The first-order chi connectivity index (χ1) is 21.7. The van der Waals surface area contributed by atoms with Gasteiger partial charge in [-0.3, -0.25) is 19.2 Å². The summed E-state index contributed by atoms with van der Waals surface area (Å²) in [4.78, 5) is 64.6. The van der Waals surface area contributed by atoms with Gasteiger partial charge in [0.2, 0.25) is 11.8 Å². The van der Waals surface area contributed by atoms with E-state index in [-0.39, 0.29) is 47.5 Å². The number of hydrogen-bond acceptors (Lipinski definition) is 9. The number of nitrogens with zero attached hydrogens (tertiary/aromatic N) is 3. The van der Waals surface area contributed by atoms with E-state index in [4.69, 9.17) is 4.74 Å². The van der Waals surface area contributed by atoms with E-state index in [0.717, 1.165) is 12.0 Å². The number of thiazole rings is 2. The van der Waals surface area contributed by atoms with Crippen molar-refractivity contribution in [1.82, 2.24) is 30.8 Å². The van der Waals surface area contributed by atoms with Crippen molar-refractivity contribution < 1.29 is 23.9 Å². The third-order valence-corrected chi connectivity index (χ3v) is 10.2. The highest BCUT2D eigenvalue weighted by molar-refractivity contribution is 7.10. The van der Waals surface area contributed by atoms with Crippen LogP contribution in [0.4, 0.5) is 0 Å². The van der Waals surface area contributed by atoms with Crippen molar-refractivity contribution >= 4 is 46.3 Å². The van der Waals surface area contributed by atoms with E-state index >= 15 is 0 Å². The minimum Gasteiger partial charge on any atom is -0.384 e. The largest absolute Gasteiger partial charge is 0.384 e. The van der Waals surface area contributed by atoms with Crippen LogP contribution in [-0.2, 0) is 20.7 Å². The fourth-order valence-electron chi connectivity index (χ4n) is 5.73. The van der Waals surface area contributed by atoms with E-state index in [1.165, 1.54) is 22.7 Å². The van der Waals surface area contributed by atoms with Gasteiger partial charge in [-0.1, -0.05) is 50.6 Å². The average Bonchev–Trinajstić information content (AvgIpc) is 3.69. The Morgan fingerprint density at radius 3 is 2.36 bits per heavy atom. The van der Waals surface area contributed by atoms with Gasteiger partial charge in [-0.2, -0.15) is 0 Å². The summed E-state index contributed by atoms with van der Waals surface area (Å²) >= 11 is 2.63. The predicted molar refractivity (Wildman–Crippen MR) is 172 cm³/mol. The monoisotopic (exact) mass is 652 g/mol. The lowest BCUT2D eigenvalue weighted by Gasteiger charge is -2.43. The van der Waals surface area contributed by atoms with Crippen molar-refractivity contribution in [2.75, 3.05) is 33.4 Å². The summed E-state index contributed by atoms with van der Waals surface area (Å²) in [5.41, 5.74) is 0.870. The van der Waals surface area contributed by atoms with Crippen molar-refractivity contribution in [3.8, 4) is 0 Å². The van der Waals surface area contributed by atoms with Gasteiger partial charge in [0, 0.05) is 31.0 Å². The van der Waals surface area contributed by atoms with Crippen LogP contribution < -0.4 is 16.0 Å². The molecule has 2 atom stereocenters. The second-order valence-corrected chi connectivity index (χ2v) is 13.8. The standard InChI is InChI=1S/C32H40N6O5S2/c1-20(2)26-30-36-23(17-45-30)27(40)33-13-8-14-38(31(42)32(19-43-3)11-7-12-32)16-25(39)34-22(15-21-9-5-4-6-10-21)29-35-24(18-44-29)28(41)37-26/h4-6,9-10,17-18,20,22,26H,7-8,11-16,19H2,1-3H3,(H,33,40)(H,34,39)(H,37,41)/t22-,26-/m0/s1. The summed E-state index contributed by atoms with van der Waals surface area (Å²) in [6.45, 7) is 4.70. The number of fused-ring (bicyclic) bond motifs is 4. The summed E-state index contributed by atoms with van der Waals surface area (Å²) in [6, 6.07) is 8.83. The fraction of sp³-hybridized carbons (Fsp3) is 0.500. The molecule has 5 rings (SSSR count). The van der Waals surface area contributed by atoms with Crippen molar-refractivity contribution in [3.05, 3.63) is 68.1 Å². The summed E-state index contributed by atoms with van der Waals surface area (Å²) in [5.74, 6) is -1.12. The van der Waals surface area contributed by atoms with Crippen molar-refractivity contribution in [2.24, 2.45) is 11.3 Å². The Morgan fingerprint density at radius 2 is 1.69 bits per heavy atom. The van der Waals surface area contributed by atoms with Gasteiger partial charge in [-0.25, -0.2) is 9.97 Å². The Hall–Kier alpha value is -3.68. The average molecular weight is 653 g/mol.